The maximum Gasteiger partial charge on any atom is 0.231 e. The van der Waals surface area contributed by atoms with Crippen LogP contribution in [0.1, 0.15) is 24.7 Å². The van der Waals surface area contributed by atoms with E-state index in [0.717, 1.165) is 17.1 Å². The Morgan fingerprint density at radius 2 is 2.13 bits per heavy atom. The first-order chi connectivity index (χ1) is 7.16. The van der Waals surface area contributed by atoms with Gasteiger partial charge in [-0.25, -0.2) is 0 Å². The molecule has 0 radical (unpaired) electrons. The smallest absolute Gasteiger partial charge is 0.231 e. The van der Waals surface area contributed by atoms with Crippen LogP contribution in [0.15, 0.2) is 18.2 Å². The van der Waals surface area contributed by atoms with Crippen LogP contribution < -0.4 is 9.47 Å². The number of hydrogen-bond acceptors (Lipinski definition) is 4. The van der Waals surface area contributed by atoms with Gasteiger partial charge in [-0.1, -0.05) is 6.07 Å². The second kappa shape index (κ2) is 4.14. The van der Waals surface area contributed by atoms with Gasteiger partial charge in [-0.15, -0.1) is 11.8 Å². The van der Waals surface area contributed by atoms with Crippen LogP contribution in [-0.2, 0) is 0 Å². The standard InChI is InChI=1S/C11H13NO2S/c1-7(15-8(2)12)9-3-4-10-11(5-9)14-6-13-10/h3-5,7,12H,6H2,1-2H3. The highest BCUT2D eigenvalue weighted by molar-refractivity contribution is 8.13. The van der Waals surface area contributed by atoms with Crippen molar-refractivity contribution in [3.63, 3.8) is 0 Å². The molecule has 0 saturated heterocycles. The summed E-state index contributed by atoms with van der Waals surface area (Å²) >= 11 is 1.54. The van der Waals surface area contributed by atoms with Crippen LogP contribution in [0.2, 0.25) is 0 Å². The minimum atomic E-state index is 0.275. The summed E-state index contributed by atoms with van der Waals surface area (Å²) in [5.41, 5.74) is 1.16. The van der Waals surface area contributed by atoms with Gasteiger partial charge in [0.25, 0.3) is 0 Å². The summed E-state index contributed by atoms with van der Waals surface area (Å²) in [5.74, 6) is 1.62. The molecule has 0 bridgehead atoms. The van der Waals surface area contributed by atoms with Gasteiger partial charge in [-0.2, -0.15) is 0 Å². The fraction of sp³-hybridized carbons (Fsp3) is 0.364. The van der Waals surface area contributed by atoms with E-state index in [4.69, 9.17) is 14.9 Å². The van der Waals surface area contributed by atoms with Crippen LogP contribution in [0.5, 0.6) is 11.5 Å². The van der Waals surface area contributed by atoms with Gasteiger partial charge in [0.15, 0.2) is 11.5 Å². The number of fused-ring (bicyclic) bond motifs is 1. The monoisotopic (exact) mass is 223 g/mol. The fourth-order valence-electron chi connectivity index (χ4n) is 1.50. The maximum atomic E-state index is 7.43. The second-order valence-electron chi connectivity index (χ2n) is 3.43. The third kappa shape index (κ3) is 2.26. The molecule has 1 aliphatic rings. The predicted molar refractivity (Wildman–Crippen MR) is 62.0 cm³/mol. The largest absolute Gasteiger partial charge is 0.454 e. The number of thioether (sulfide) groups is 1. The van der Waals surface area contributed by atoms with Gasteiger partial charge in [0.1, 0.15) is 0 Å². The van der Waals surface area contributed by atoms with Gasteiger partial charge < -0.3 is 9.47 Å². The summed E-state index contributed by atoms with van der Waals surface area (Å²) in [5, 5.41) is 8.33. The summed E-state index contributed by atoms with van der Waals surface area (Å²) < 4.78 is 10.6. The minimum Gasteiger partial charge on any atom is -0.454 e. The normalized spacial score (nSPS) is 15.1. The van der Waals surface area contributed by atoms with Crippen LogP contribution >= 0.6 is 11.8 Å². The topological polar surface area (TPSA) is 42.3 Å². The average Bonchev–Trinajstić information content (AvgIpc) is 2.62. The van der Waals surface area contributed by atoms with Crippen molar-refractivity contribution in [1.29, 1.82) is 5.41 Å². The van der Waals surface area contributed by atoms with E-state index < -0.39 is 0 Å². The Hall–Kier alpha value is -1.16. The van der Waals surface area contributed by atoms with Crippen molar-refractivity contribution in [3.8, 4) is 11.5 Å². The molecular weight excluding hydrogens is 210 g/mol. The summed E-state index contributed by atoms with van der Waals surface area (Å²) in [6.07, 6.45) is 0. The molecule has 0 saturated carbocycles. The Kier molecular flexibility index (Phi) is 2.86. The molecule has 1 unspecified atom stereocenters. The molecular formula is C11H13NO2S. The molecule has 15 heavy (non-hydrogen) atoms. The Morgan fingerprint density at radius 1 is 1.40 bits per heavy atom. The zero-order valence-electron chi connectivity index (χ0n) is 8.74. The van der Waals surface area contributed by atoms with Gasteiger partial charge in [-0.3, -0.25) is 5.41 Å². The Balaban J connectivity index is 2.19. The van der Waals surface area contributed by atoms with E-state index in [9.17, 15) is 0 Å². The van der Waals surface area contributed by atoms with E-state index >= 15 is 0 Å². The number of hydrogen-bond donors (Lipinski definition) is 1. The molecule has 4 heteroatoms. The molecule has 1 N–H and O–H groups in total. The third-order valence-corrected chi connectivity index (χ3v) is 3.20. The van der Waals surface area contributed by atoms with E-state index in [2.05, 4.69) is 6.92 Å². The number of benzene rings is 1. The van der Waals surface area contributed by atoms with Crippen molar-refractivity contribution in [2.75, 3.05) is 6.79 Å². The van der Waals surface area contributed by atoms with Crippen LogP contribution in [0.3, 0.4) is 0 Å². The van der Waals surface area contributed by atoms with Gasteiger partial charge in [0.05, 0.1) is 5.04 Å². The predicted octanol–water partition coefficient (Wildman–Crippen LogP) is 3.21. The van der Waals surface area contributed by atoms with E-state index in [1.165, 1.54) is 11.8 Å². The first-order valence-corrected chi connectivity index (χ1v) is 5.66. The Bertz CT molecular complexity index is 392. The molecule has 3 nitrogen and oxygen atoms in total. The van der Waals surface area contributed by atoms with Crippen molar-refractivity contribution in [2.45, 2.75) is 19.1 Å². The first kappa shape index (κ1) is 10.4. The van der Waals surface area contributed by atoms with Crippen molar-refractivity contribution in [3.05, 3.63) is 23.8 Å². The Labute approximate surface area is 93.3 Å². The number of ether oxygens (including phenoxy) is 2. The lowest BCUT2D eigenvalue weighted by atomic mass is 10.1. The van der Waals surface area contributed by atoms with E-state index in [1.807, 2.05) is 18.2 Å². The highest BCUT2D eigenvalue weighted by Gasteiger charge is 2.16. The van der Waals surface area contributed by atoms with Gasteiger partial charge in [-0.05, 0) is 31.5 Å². The van der Waals surface area contributed by atoms with Crippen molar-refractivity contribution >= 4 is 16.8 Å². The summed E-state index contributed by atoms with van der Waals surface area (Å²) in [4.78, 5) is 0. The van der Waals surface area contributed by atoms with Gasteiger partial charge in [0, 0.05) is 5.25 Å². The van der Waals surface area contributed by atoms with E-state index in [1.54, 1.807) is 6.92 Å². The number of rotatable bonds is 2. The van der Waals surface area contributed by atoms with Crippen LogP contribution in [-0.4, -0.2) is 11.8 Å². The molecule has 0 amide bonds. The molecule has 1 aliphatic heterocycles. The fourth-order valence-corrected chi connectivity index (χ4v) is 2.31. The van der Waals surface area contributed by atoms with E-state index in [-0.39, 0.29) is 5.25 Å². The van der Waals surface area contributed by atoms with Crippen molar-refractivity contribution in [1.82, 2.24) is 0 Å². The molecule has 1 aromatic rings. The summed E-state index contributed by atoms with van der Waals surface area (Å²) in [6.45, 7) is 4.19. The summed E-state index contributed by atoms with van der Waals surface area (Å²) in [7, 11) is 0. The lowest BCUT2D eigenvalue weighted by Gasteiger charge is -2.10. The lowest BCUT2D eigenvalue weighted by molar-refractivity contribution is 0.174. The quantitative estimate of drug-likeness (QED) is 0.618. The SMILES string of the molecule is CC(=N)SC(C)c1ccc2c(c1)OCO2. The average molecular weight is 223 g/mol. The maximum absolute atomic E-state index is 7.43. The van der Waals surface area contributed by atoms with Crippen LogP contribution in [0.25, 0.3) is 0 Å². The zero-order valence-corrected chi connectivity index (χ0v) is 9.56. The lowest BCUT2D eigenvalue weighted by Crippen LogP contribution is -1.93. The molecule has 1 atom stereocenters. The summed E-state index contributed by atoms with van der Waals surface area (Å²) in [6, 6.07) is 5.94. The second-order valence-corrected chi connectivity index (χ2v) is 4.98. The highest BCUT2D eigenvalue weighted by atomic mass is 32.2. The molecule has 1 heterocycles. The molecule has 0 aliphatic carbocycles. The molecule has 0 fully saturated rings. The molecule has 0 spiro atoms. The molecule has 80 valence electrons. The minimum absolute atomic E-state index is 0.275. The molecule has 2 rings (SSSR count). The zero-order chi connectivity index (χ0) is 10.8. The molecule has 1 aromatic carbocycles. The third-order valence-electron chi connectivity index (χ3n) is 2.22. The molecule has 0 aromatic heterocycles. The van der Waals surface area contributed by atoms with Crippen molar-refractivity contribution < 1.29 is 9.47 Å². The Morgan fingerprint density at radius 3 is 2.87 bits per heavy atom. The van der Waals surface area contributed by atoms with Gasteiger partial charge >= 0.3 is 0 Å². The highest BCUT2D eigenvalue weighted by Crippen LogP contribution is 2.37. The van der Waals surface area contributed by atoms with Crippen LogP contribution in [0.4, 0.5) is 0 Å². The number of nitrogens with one attached hydrogen (secondary N) is 1. The first-order valence-electron chi connectivity index (χ1n) is 4.78. The van der Waals surface area contributed by atoms with E-state index in [0.29, 0.717) is 11.8 Å². The van der Waals surface area contributed by atoms with Crippen LogP contribution in [0, 0.1) is 5.41 Å². The van der Waals surface area contributed by atoms with Gasteiger partial charge in [0.2, 0.25) is 6.79 Å². The van der Waals surface area contributed by atoms with Crippen molar-refractivity contribution in [2.24, 2.45) is 0 Å².